The minimum atomic E-state index is 0.856. The van der Waals surface area contributed by atoms with Crippen molar-refractivity contribution in [3.8, 4) is 0 Å². The summed E-state index contributed by atoms with van der Waals surface area (Å²) in [5, 5.41) is 8.75. The molecule has 3 aromatic heterocycles. The first-order valence-corrected chi connectivity index (χ1v) is 14.8. The van der Waals surface area contributed by atoms with E-state index in [0.29, 0.717) is 0 Å². The zero-order valence-corrected chi connectivity index (χ0v) is 23.5. The molecule has 0 fully saturated rings. The fraction of sp³-hybridized carbons (Fsp3) is 0. The van der Waals surface area contributed by atoms with E-state index in [4.69, 9.17) is 13.3 Å². The molecule has 0 saturated carbocycles. The Labute approximate surface area is 250 Å². The summed E-state index contributed by atoms with van der Waals surface area (Å²) in [5.74, 6) is 0. The standard InChI is InChI=1S/C40H23NO3/c1-2-10-27-24(9-1)21-38-39(30-13-5-8-16-35(30)44-38)40(27)41(25-17-19-36-31(22-25)28-11-3-6-14-33(28)42-36)26-18-20-37-32(23-26)29-12-4-7-15-34(29)43-37/h1-23H. The number of hydrogen-bond acceptors (Lipinski definition) is 4. The van der Waals surface area contributed by atoms with E-state index < -0.39 is 0 Å². The largest absolute Gasteiger partial charge is 0.456 e. The molecule has 206 valence electrons. The molecule has 0 amide bonds. The molecule has 0 spiro atoms. The lowest BCUT2D eigenvalue weighted by atomic mass is 10.00. The number of para-hydroxylation sites is 3. The fourth-order valence-electron chi connectivity index (χ4n) is 6.87. The van der Waals surface area contributed by atoms with E-state index in [0.717, 1.165) is 93.7 Å². The first-order chi connectivity index (χ1) is 21.8. The summed E-state index contributed by atoms with van der Waals surface area (Å²) in [7, 11) is 0. The van der Waals surface area contributed by atoms with E-state index in [-0.39, 0.29) is 0 Å². The van der Waals surface area contributed by atoms with Crippen molar-refractivity contribution < 1.29 is 13.3 Å². The molecule has 3 heterocycles. The van der Waals surface area contributed by atoms with Gasteiger partial charge in [-0.1, -0.05) is 78.9 Å². The summed E-state index contributed by atoms with van der Waals surface area (Å²) >= 11 is 0. The highest BCUT2D eigenvalue weighted by Gasteiger charge is 2.24. The Morgan fingerprint density at radius 3 is 1.41 bits per heavy atom. The molecule has 0 aliphatic carbocycles. The molecule has 0 saturated heterocycles. The number of furan rings is 3. The summed E-state index contributed by atoms with van der Waals surface area (Å²) in [6.07, 6.45) is 0. The molecule has 0 unspecified atom stereocenters. The van der Waals surface area contributed by atoms with Crippen molar-refractivity contribution in [1.29, 1.82) is 0 Å². The maximum atomic E-state index is 6.50. The van der Waals surface area contributed by atoms with E-state index in [2.05, 4.69) is 108 Å². The molecule has 10 rings (SSSR count). The Bertz CT molecular complexity index is 2630. The fourth-order valence-corrected chi connectivity index (χ4v) is 6.87. The van der Waals surface area contributed by atoms with Crippen molar-refractivity contribution in [2.75, 3.05) is 4.90 Å². The van der Waals surface area contributed by atoms with Crippen molar-refractivity contribution >= 4 is 93.7 Å². The van der Waals surface area contributed by atoms with Crippen LogP contribution in [0, 0.1) is 0 Å². The van der Waals surface area contributed by atoms with E-state index >= 15 is 0 Å². The van der Waals surface area contributed by atoms with Crippen LogP contribution >= 0.6 is 0 Å². The van der Waals surface area contributed by atoms with Crippen LogP contribution in [0.3, 0.4) is 0 Å². The summed E-state index contributed by atoms with van der Waals surface area (Å²) < 4.78 is 19.0. The van der Waals surface area contributed by atoms with E-state index in [9.17, 15) is 0 Å². The number of anilines is 3. The molecular weight excluding hydrogens is 542 g/mol. The molecule has 4 heteroatoms. The predicted octanol–water partition coefficient (Wildman–Crippen LogP) is 12.0. The van der Waals surface area contributed by atoms with E-state index in [1.165, 1.54) is 0 Å². The molecule has 10 aromatic rings. The second-order valence-electron chi connectivity index (χ2n) is 11.3. The molecule has 0 aliphatic heterocycles. The predicted molar refractivity (Wildman–Crippen MR) is 180 cm³/mol. The van der Waals surface area contributed by atoms with Gasteiger partial charge in [0.15, 0.2) is 0 Å². The van der Waals surface area contributed by atoms with Crippen LogP contribution in [0.1, 0.15) is 0 Å². The Balaban J connectivity index is 1.36. The quantitative estimate of drug-likeness (QED) is 0.214. The highest BCUT2D eigenvalue weighted by molar-refractivity contribution is 6.22. The van der Waals surface area contributed by atoms with Gasteiger partial charge in [-0.05, 0) is 66.0 Å². The SMILES string of the molecule is c1ccc2c(N(c3ccc4oc5ccccc5c4c3)c3ccc4oc5ccccc5c4c3)c3c(cc2c1)oc1ccccc13. The maximum Gasteiger partial charge on any atom is 0.138 e. The Morgan fingerprint density at radius 2 is 0.795 bits per heavy atom. The highest BCUT2D eigenvalue weighted by atomic mass is 16.3. The molecule has 0 N–H and O–H groups in total. The van der Waals surface area contributed by atoms with Crippen molar-refractivity contribution in [3.05, 3.63) is 140 Å². The number of nitrogens with zero attached hydrogens (tertiary/aromatic N) is 1. The lowest BCUT2D eigenvalue weighted by Crippen LogP contribution is -2.11. The molecule has 0 radical (unpaired) electrons. The average Bonchev–Trinajstić information content (AvgIpc) is 3.75. The normalized spacial score (nSPS) is 12.1. The van der Waals surface area contributed by atoms with Gasteiger partial charge in [-0.25, -0.2) is 0 Å². The van der Waals surface area contributed by atoms with Crippen molar-refractivity contribution in [2.24, 2.45) is 0 Å². The first kappa shape index (κ1) is 23.6. The third-order valence-electron chi connectivity index (χ3n) is 8.82. The van der Waals surface area contributed by atoms with E-state index in [1.807, 2.05) is 36.4 Å². The molecule has 0 atom stereocenters. The van der Waals surface area contributed by atoms with Crippen LogP contribution in [0.15, 0.2) is 153 Å². The zero-order chi connectivity index (χ0) is 28.8. The van der Waals surface area contributed by atoms with Gasteiger partial charge in [0.2, 0.25) is 0 Å². The number of rotatable bonds is 3. The van der Waals surface area contributed by atoms with Gasteiger partial charge >= 0.3 is 0 Å². The van der Waals surface area contributed by atoms with Crippen LogP contribution in [0.2, 0.25) is 0 Å². The maximum absolute atomic E-state index is 6.50. The van der Waals surface area contributed by atoms with Crippen molar-refractivity contribution in [3.63, 3.8) is 0 Å². The minimum Gasteiger partial charge on any atom is -0.456 e. The molecular formula is C40H23NO3. The second-order valence-corrected chi connectivity index (χ2v) is 11.3. The Kier molecular flexibility index (Phi) is 4.69. The summed E-state index contributed by atoms with van der Waals surface area (Å²) in [6.45, 7) is 0. The molecule has 44 heavy (non-hydrogen) atoms. The molecule has 0 aliphatic rings. The summed E-state index contributed by atoms with van der Waals surface area (Å²) in [6, 6.07) is 48.4. The second kappa shape index (κ2) is 8.76. The van der Waals surface area contributed by atoms with Gasteiger partial charge in [-0.15, -0.1) is 0 Å². The van der Waals surface area contributed by atoms with Gasteiger partial charge in [0.05, 0.1) is 11.1 Å². The van der Waals surface area contributed by atoms with Crippen LogP contribution < -0.4 is 4.90 Å². The van der Waals surface area contributed by atoms with Gasteiger partial charge in [0.25, 0.3) is 0 Å². The number of fused-ring (bicyclic) bond motifs is 10. The molecule has 0 bridgehead atoms. The summed E-state index contributed by atoms with van der Waals surface area (Å²) in [4.78, 5) is 2.37. The number of benzene rings is 7. The lowest BCUT2D eigenvalue weighted by Gasteiger charge is -2.28. The van der Waals surface area contributed by atoms with Crippen molar-refractivity contribution in [2.45, 2.75) is 0 Å². The smallest absolute Gasteiger partial charge is 0.138 e. The van der Waals surface area contributed by atoms with Gasteiger partial charge in [0, 0.05) is 43.7 Å². The zero-order valence-electron chi connectivity index (χ0n) is 23.5. The Morgan fingerprint density at radius 1 is 0.341 bits per heavy atom. The number of hydrogen-bond donors (Lipinski definition) is 0. The van der Waals surface area contributed by atoms with Crippen molar-refractivity contribution in [1.82, 2.24) is 0 Å². The topological polar surface area (TPSA) is 42.7 Å². The highest BCUT2D eigenvalue weighted by Crippen LogP contribution is 2.48. The van der Waals surface area contributed by atoms with Gasteiger partial charge in [-0.3, -0.25) is 0 Å². The molecule has 7 aromatic carbocycles. The lowest BCUT2D eigenvalue weighted by molar-refractivity contribution is 0.668. The van der Waals surface area contributed by atoms with Crippen LogP contribution in [-0.4, -0.2) is 0 Å². The van der Waals surface area contributed by atoms with Crippen LogP contribution in [0.4, 0.5) is 17.1 Å². The van der Waals surface area contributed by atoms with E-state index in [1.54, 1.807) is 0 Å². The first-order valence-electron chi connectivity index (χ1n) is 14.8. The van der Waals surface area contributed by atoms with Crippen LogP contribution in [0.25, 0.3) is 76.6 Å². The van der Waals surface area contributed by atoms with Gasteiger partial charge < -0.3 is 18.2 Å². The molecule has 4 nitrogen and oxygen atoms in total. The average molecular weight is 566 g/mol. The van der Waals surface area contributed by atoms with Crippen LogP contribution in [0.5, 0.6) is 0 Å². The van der Waals surface area contributed by atoms with Gasteiger partial charge in [-0.2, -0.15) is 0 Å². The third-order valence-corrected chi connectivity index (χ3v) is 8.82. The minimum absolute atomic E-state index is 0.856. The third kappa shape index (κ3) is 3.28. The van der Waals surface area contributed by atoms with Crippen LogP contribution in [-0.2, 0) is 0 Å². The summed E-state index contributed by atoms with van der Waals surface area (Å²) in [5.41, 5.74) is 8.34. The van der Waals surface area contributed by atoms with Gasteiger partial charge in [0.1, 0.15) is 33.5 Å². The Hall–Kier alpha value is -6.00. The monoisotopic (exact) mass is 565 g/mol.